The van der Waals surface area contributed by atoms with E-state index in [1.54, 1.807) is 0 Å². The van der Waals surface area contributed by atoms with Gasteiger partial charge in [-0.2, -0.15) is 0 Å². The molecule has 2 nitrogen and oxygen atoms in total. The first-order chi connectivity index (χ1) is 30.2. The van der Waals surface area contributed by atoms with E-state index in [4.69, 9.17) is 4.98 Å². The summed E-state index contributed by atoms with van der Waals surface area (Å²) in [4.78, 5) is 7.33. The average Bonchev–Trinajstić information content (AvgIpc) is 3.87. The third-order valence-corrected chi connectivity index (χ3v) is 13.8. The van der Waals surface area contributed by atoms with Crippen LogP contribution in [0.5, 0.6) is 0 Å². The Balaban J connectivity index is 1.01. The molecule has 0 aliphatic heterocycles. The standard InChI is InChI=1S/C58H38N2S/c1-2-14-41(15-3-1)55-36-35-47(38-59-55)60(45-31-26-40(27-32-45)48-20-12-21-52-51-19-8-11-24-56(51)61-57(48)52)46-33-29-43(30-34-46)58(44-28-25-39-13-4-5-16-42(39)37-44)53-22-9-6-17-49(53)50-18-7-10-23-54(50)58/h1-38H. The van der Waals surface area contributed by atoms with Crippen LogP contribution in [0.1, 0.15) is 22.3 Å². The highest BCUT2D eigenvalue weighted by atomic mass is 32.1. The van der Waals surface area contributed by atoms with Gasteiger partial charge in [0.2, 0.25) is 0 Å². The van der Waals surface area contributed by atoms with Crippen molar-refractivity contribution in [3.8, 4) is 33.5 Å². The van der Waals surface area contributed by atoms with Crippen molar-refractivity contribution in [2.75, 3.05) is 4.90 Å². The number of pyridine rings is 1. The second-order valence-corrected chi connectivity index (χ2v) is 16.9. The maximum absolute atomic E-state index is 5.01. The molecule has 9 aromatic carbocycles. The second kappa shape index (κ2) is 14.3. The van der Waals surface area contributed by atoms with Crippen LogP contribution in [-0.4, -0.2) is 4.98 Å². The van der Waals surface area contributed by atoms with Crippen LogP contribution in [0.2, 0.25) is 0 Å². The fourth-order valence-corrected chi connectivity index (χ4v) is 11.1. The van der Waals surface area contributed by atoms with Gasteiger partial charge in [0, 0.05) is 37.1 Å². The van der Waals surface area contributed by atoms with Crippen LogP contribution in [0, 0.1) is 0 Å². The monoisotopic (exact) mass is 794 g/mol. The van der Waals surface area contributed by atoms with E-state index in [9.17, 15) is 0 Å². The van der Waals surface area contributed by atoms with Gasteiger partial charge < -0.3 is 4.90 Å². The van der Waals surface area contributed by atoms with Crippen molar-refractivity contribution < 1.29 is 0 Å². The smallest absolute Gasteiger partial charge is 0.0713 e. The van der Waals surface area contributed by atoms with E-state index in [-0.39, 0.29) is 0 Å². The van der Waals surface area contributed by atoms with Gasteiger partial charge in [-0.1, -0.05) is 176 Å². The van der Waals surface area contributed by atoms with Crippen LogP contribution in [0.4, 0.5) is 17.1 Å². The summed E-state index contributed by atoms with van der Waals surface area (Å²) in [6.45, 7) is 0. The first kappa shape index (κ1) is 35.4. The zero-order valence-corrected chi connectivity index (χ0v) is 34.1. The predicted octanol–water partition coefficient (Wildman–Crippen LogP) is 15.8. The van der Waals surface area contributed by atoms with Gasteiger partial charge in [0.05, 0.1) is 23.0 Å². The maximum Gasteiger partial charge on any atom is 0.0713 e. The van der Waals surface area contributed by atoms with Crippen molar-refractivity contribution >= 4 is 59.3 Å². The van der Waals surface area contributed by atoms with Gasteiger partial charge in [0.15, 0.2) is 0 Å². The largest absolute Gasteiger partial charge is 0.309 e. The van der Waals surface area contributed by atoms with Crippen molar-refractivity contribution in [2.24, 2.45) is 0 Å². The van der Waals surface area contributed by atoms with E-state index >= 15 is 0 Å². The van der Waals surface area contributed by atoms with E-state index in [0.717, 1.165) is 28.3 Å². The number of fused-ring (bicyclic) bond motifs is 7. The highest BCUT2D eigenvalue weighted by molar-refractivity contribution is 7.26. The molecule has 0 fully saturated rings. The van der Waals surface area contributed by atoms with Crippen LogP contribution in [-0.2, 0) is 5.41 Å². The van der Waals surface area contributed by atoms with Crippen LogP contribution < -0.4 is 4.90 Å². The van der Waals surface area contributed by atoms with E-state index in [0.29, 0.717) is 0 Å². The minimum Gasteiger partial charge on any atom is -0.309 e. The molecule has 0 bridgehead atoms. The van der Waals surface area contributed by atoms with Gasteiger partial charge >= 0.3 is 0 Å². The lowest BCUT2D eigenvalue weighted by Crippen LogP contribution is -2.28. The Bertz CT molecular complexity index is 3360. The van der Waals surface area contributed by atoms with E-state index in [1.807, 2.05) is 23.6 Å². The molecule has 61 heavy (non-hydrogen) atoms. The Morgan fingerprint density at radius 2 is 0.984 bits per heavy atom. The predicted molar refractivity (Wildman–Crippen MR) is 257 cm³/mol. The molecule has 1 aliphatic carbocycles. The van der Waals surface area contributed by atoms with E-state index in [1.165, 1.54) is 75.5 Å². The highest BCUT2D eigenvalue weighted by Gasteiger charge is 2.46. The highest BCUT2D eigenvalue weighted by Crippen LogP contribution is 2.56. The SMILES string of the molecule is c1ccc(-c2ccc(N(c3ccc(-c4cccc5c4sc4ccccc45)cc3)c3ccc(C4(c5ccc6ccccc6c5)c5ccccc5-c5ccccc54)cc3)cn2)cc1. The fourth-order valence-electron chi connectivity index (χ4n) is 9.82. The van der Waals surface area contributed by atoms with Gasteiger partial charge in [-0.15, -0.1) is 11.3 Å². The van der Waals surface area contributed by atoms with Crippen LogP contribution in [0.15, 0.2) is 231 Å². The molecule has 1 aliphatic rings. The normalized spacial score (nSPS) is 12.7. The third-order valence-electron chi connectivity index (χ3n) is 12.6. The minimum atomic E-state index is -0.505. The summed E-state index contributed by atoms with van der Waals surface area (Å²) in [5.41, 5.74) is 14.8. The third kappa shape index (κ3) is 5.66. The summed E-state index contributed by atoms with van der Waals surface area (Å²) in [6.07, 6.45) is 2.00. The molecule has 0 amide bonds. The van der Waals surface area contributed by atoms with Crippen molar-refractivity contribution in [1.82, 2.24) is 4.98 Å². The van der Waals surface area contributed by atoms with Crippen molar-refractivity contribution in [2.45, 2.75) is 5.41 Å². The molecule has 0 atom stereocenters. The van der Waals surface area contributed by atoms with Gasteiger partial charge in [-0.05, 0) is 104 Å². The zero-order valence-electron chi connectivity index (χ0n) is 33.2. The molecule has 0 N–H and O–H groups in total. The Labute approximate surface area is 359 Å². The van der Waals surface area contributed by atoms with Gasteiger partial charge in [-0.25, -0.2) is 0 Å². The molecule has 11 aromatic rings. The molecule has 0 saturated heterocycles. The second-order valence-electron chi connectivity index (χ2n) is 15.9. The number of anilines is 3. The number of nitrogens with zero attached hydrogens (tertiary/aromatic N) is 2. The summed E-state index contributed by atoms with van der Waals surface area (Å²) < 4.78 is 2.63. The summed E-state index contributed by atoms with van der Waals surface area (Å²) in [7, 11) is 0. The quantitative estimate of drug-likeness (QED) is 0.160. The molecular weight excluding hydrogens is 757 g/mol. The summed E-state index contributed by atoms with van der Waals surface area (Å²) >= 11 is 1.87. The van der Waals surface area contributed by atoms with Gasteiger partial charge in [0.25, 0.3) is 0 Å². The summed E-state index contributed by atoms with van der Waals surface area (Å²) in [6, 6.07) is 82.0. The molecule has 12 rings (SSSR count). The molecule has 0 spiro atoms. The number of hydrogen-bond acceptors (Lipinski definition) is 3. The molecule has 2 aromatic heterocycles. The number of thiophene rings is 1. The van der Waals surface area contributed by atoms with E-state index < -0.39 is 5.41 Å². The molecule has 0 unspecified atom stereocenters. The van der Waals surface area contributed by atoms with Crippen molar-refractivity contribution in [3.63, 3.8) is 0 Å². The Morgan fingerprint density at radius 3 is 1.72 bits per heavy atom. The number of hydrogen-bond donors (Lipinski definition) is 0. The van der Waals surface area contributed by atoms with Crippen LogP contribution >= 0.6 is 11.3 Å². The minimum absolute atomic E-state index is 0.505. The lowest BCUT2D eigenvalue weighted by Gasteiger charge is -2.34. The molecule has 286 valence electrons. The molecule has 0 radical (unpaired) electrons. The maximum atomic E-state index is 5.01. The first-order valence-electron chi connectivity index (χ1n) is 20.9. The summed E-state index contributed by atoms with van der Waals surface area (Å²) in [5.74, 6) is 0. The first-order valence-corrected chi connectivity index (χ1v) is 21.7. The molecular formula is C58H38N2S. The Kier molecular flexibility index (Phi) is 8.29. The van der Waals surface area contributed by atoms with Crippen molar-refractivity contribution in [3.05, 3.63) is 253 Å². The number of benzene rings is 9. The molecule has 3 heteroatoms. The fraction of sp³-hybridized carbons (Fsp3) is 0.0172. The van der Waals surface area contributed by atoms with E-state index in [2.05, 4.69) is 223 Å². The number of rotatable bonds is 7. The molecule has 0 saturated carbocycles. The van der Waals surface area contributed by atoms with Crippen LogP contribution in [0.3, 0.4) is 0 Å². The van der Waals surface area contributed by atoms with Crippen molar-refractivity contribution in [1.29, 1.82) is 0 Å². The Morgan fingerprint density at radius 1 is 0.393 bits per heavy atom. The van der Waals surface area contributed by atoms with Gasteiger partial charge in [0.1, 0.15) is 0 Å². The van der Waals surface area contributed by atoms with Gasteiger partial charge in [-0.3, -0.25) is 4.98 Å². The Hall–Kier alpha value is -7.59. The topological polar surface area (TPSA) is 16.1 Å². The molecule has 2 heterocycles. The lowest BCUT2D eigenvalue weighted by molar-refractivity contribution is 0.770. The lowest BCUT2D eigenvalue weighted by atomic mass is 9.67. The average molecular weight is 795 g/mol. The van der Waals surface area contributed by atoms with Crippen LogP contribution in [0.25, 0.3) is 64.5 Å². The summed E-state index contributed by atoms with van der Waals surface area (Å²) in [5, 5.41) is 5.10. The zero-order chi connectivity index (χ0) is 40.3. The number of aromatic nitrogens is 1.